The van der Waals surface area contributed by atoms with Gasteiger partial charge >= 0.3 is 0 Å². The second kappa shape index (κ2) is 6.17. The van der Waals surface area contributed by atoms with Gasteiger partial charge < -0.3 is 14.4 Å². The highest BCUT2D eigenvalue weighted by Gasteiger charge is 2.51. The topological polar surface area (TPSA) is 62.6 Å². The maximum Gasteiger partial charge on any atom is 0.243 e. The molecule has 1 saturated carbocycles. The molecule has 0 bridgehead atoms. The highest BCUT2D eigenvalue weighted by molar-refractivity contribution is 5.86. The molecule has 0 spiro atoms. The van der Waals surface area contributed by atoms with Crippen molar-refractivity contribution in [2.45, 2.75) is 51.0 Å². The Hall–Kier alpha value is -1.12. The van der Waals surface area contributed by atoms with Crippen molar-refractivity contribution in [1.82, 2.24) is 4.90 Å². The van der Waals surface area contributed by atoms with Crippen LogP contribution in [-0.2, 0) is 14.3 Å². The Bertz CT molecular complexity index is 463. The van der Waals surface area contributed by atoms with Crippen LogP contribution in [0.2, 0.25) is 0 Å². The number of amides is 1. The van der Waals surface area contributed by atoms with E-state index in [-0.39, 0.29) is 17.4 Å². The van der Waals surface area contributed by atoms with Crippen molar-refractivity contribution in [3.8, 4) is 6.07 Å². The molecule has 3 fully saturated rings. The van der Waals surface area contributed by atoms with Crippen molar-refractivity contribution < 1.29 is 14.3 Å². The number of ether oxygens (including phenoxy) is 2. The summed E-state index contributed by atoms with van der Waals surface area (Å²) in [7, 11) is 1.72. The number of hydrogen-bond acceptors (Lipinski definition) is 4. The number of carbonyl (C=O) groups is 1. The van der Waals surface area contributed by atoms with Crippen molar-refractivity contribution >= 4 is 5.91 Å². The number of likely N-dealkylation sites (tertiary alicyclic amines) is 1. The molecular weight excluding hydrogens is 280 g/mol. The minimum atomic E-state index is -0.767. The van der Waals surface area contributed by atoms with Gasteiger partial charge in [0.05, 0.1) is 18.8 Å². The molecule has 122 valence electrons. The van der Waals surface area contributed by atoms with Crippen LogP contribution in [-0.4, -0.2) is 50.3 Å². The second-order valence-corrected chi connectivity index (χ2v) is 7.17. The lowest BCUT2D eigenvalue weighted by Gasteiger charge is -2.51. The van der Waals surface area contributed by atoms with Gasteiger partial charge in [0.25, 0.3) is 0 Å². The second-order valence-electron chi connectivity index (χ2n) is 7.17. The molecule has 2 aliphatic heterocycles. The average molecular weight is 306 g/mol. The first-order valence-electron chi connectivity index (χ1n) is 8.47. The Morgan fingerprint density at radius 3 is 2.82 bits per heavy atom. The maximum absolute atomic E-state index is 13.0. The van der Waals surface area contributed by atoms with Crippen LogP contribution in [0.25, 0.3) is 0 Å². The SMILES string of the molecule is COCC12CCCOC1CCN(C(=O)C1(C#N)CCCC1)C2. The Labute approximate surface area is 132 Å². The highest BCUT2D eigenvalue weighted by Crippen LogP contribution is 2.44. The molecule has 1 aliphatic carbocycles. The monoisotopic (exact) mass is 306 g/mol. The Morgan fingerprint density at radius 2 is 2.14 bits per heavy atom. The summed E-state index contributed by atoms with van der Waals surface area (Å²) in [6.07, 6.45) is 6.51. The fraction of sp³-hybridized carbons (Fsp3) is 0.882. The van der Waals surface area contributed by atoms with Gasteiger partial charge in [0.1, 0.15) is 5.41 Å². The van der Waals surface area contributed by atoms with Gasteiger partial charge in [-0.15, -0.1) is 0 Å². The fourth-order valence-electron chi connectivity index (χ4n) is 4.62. The van der Waals surface area contributed by atoms with Crippen molar-refractivity contribution in [3.63, 3.8) is 0 Å². The number of nitriles is 1. The summed E-state index contributed by atoms with van der Waals surface area (Å²) in [4.78, 5) is 14.9. The molecule has 2 saturated heterocycles. The first-order valence-corrected chi connectivity index (χ1v) is 8.47. The van der Waals surface area contributed by atoms with E-state index in [4.69, 9.17) is 9.47 Å². The van der Waals surface area contributed by atoms with Gasteiger partial charge in [-0.25, -0.2) is 0 Å². The zero-order valence-electron chi connectivity index (χ0n) is 13.5. The Balaban J connectivity index is 1.78. The van der Waals surface area contributed by atoms with Gasteiger partial charge in [0.15, 0.2) is 0 Å². The third-order valence-electron chi connectivity index (χ3n) is 5.79. The summed E-state index contributed by atoms with van der Waals surface area (Å²) < 4.78 is 11.4. The zero-order chi connectivity index (χ0) is 15.6. The molecule has 2 atom stereocenters. The van der Waals surface area contributed by atoms with Gasteiger partial charge in [-0.05, 0) is 32.1 Å². The molecule has 0 N–H and O–H groups in total. The van der Waals surface area contributed by atoms with Crippen LogP contribution in [0.1, 0.15) is 44.9 Å². The number of carbonyl (C=O) groups excluding carboxylic acids is 1. The summed E-state index contributed by atoms with van der Waals surface area (Å²) in [5.74, 6) is 0.0481. The van der Waals surface area contributed by atoms with E-state index in [9.17, 15) is 10.1 Å². The number of nitrogens with zero attached hydrogens (tertiary/aromatic N) is 2. The molecule has 3 aliphatic rings. The van der Waals surface area contributed by atoms with Crippen molar-refractivity contribution in [1.29, 1.82) is 5.26 Å². The van der Waals surface area contributed by atoms with Crippen LogP contribution in [0, 0.1) is 22.2 Å². The summed E-state index contributed by atoms with van der Waals surface area (Å²) in [6.45, 7) is 2.82. The lowest BCUT2D eigenvalue weighted by Crippen LogP contribution is -2.59. The van der Waals surface area contributed by atoms with Crippen LogP contribution >= 0.6 is 0 Å². The third kappa shape index (κ3) is 2.53. The van der Waals surface area contributed by atoms with E-state index >= 15 is 0 Å². The molecule has 2 heterocycles. The molecule has 0 aromatic carbocycles. The first kappa shape index (κ1) is 15.8. The molecule has 0 aromatic rings. The van der Waals surface area contributed by atoms with E-state index in [1.807, 2.05) is 4.90 Å². The van der Waals surface area contributed by atoms with Crippen LogP contribution in [0.4, 0.5) is 0 Å². The van der Waals surface area contributed by atoms with Gasteiger partial charge in [0.2, 0.25) is 5.91 Å². The number of methoxy groups -OCH3 is 1. The normalized spacial score (nSPS) is 34.0. The van der Waals surface area contributed by atoms with Gasteiger partial charge in [-0.2, -0.15) is 5.26 Å². The maximum atomic E-state index is 13.0. The van der Waals surface area contributed by atoms with Crippen molar-refractivity contribution in [2.75, 3.05) is 33.4 Å². The predicted molar refractivity (Wildman–Crippen MR) is 81.0 cm³/mol. The molecule has 5 heteroatoms. The van der Waals surface area contributed by atoms with Crippen LogP contribution < -0.4 is 0 Å². The molecule has 22 heavy (non-hydrogen) atoms. The van der Waals surface area contributed by atoms with Crippen LogP contribution in [0.15, 0.2) is 0 Å². The van der Waals surface area contributed by atoms with E-state index in [1.54, 1.807) is 7.11 Å². The molecule has 0 aromatic heterocycles. The van der Waals surface area contributed by atoms with E-state index in [0.717, 1.165) is 51.6 Å². The number of hydrogen-bond donors (Lipinski definition) is 0. The summed E-state index contributed by atoms with van der Waals surface area (Å²) >= 11 is 0. The Morgan fingerprint density at radius 1 is 1.36 bits per heavy atom. The van der Waals surface area contributed by atoms with Crippen molar-refractivity contribution in [3.05, 3.63) is 0 Å². The van der Waals surface area contributed by atoms with Gasteiger partial charge in [0, 0.05) is 32.2 Å². The molecule has 5 nitrogen and oxygen atoms in total. The fourth-order valence-corrected chi connectivity index (χ4v) is 4.62. The van der Waals surface area contributed by atoms with Crippen molar-refractivity contribution in [2.24, 2.45) is 10.8 Å². The van der Waals surface area contributed by atoms with E-state index < -0.39 is 5.41 Å². The number of piperidine rings is 1. The third-order valence-corrected chi connectivity index (χ3v) is 5.79. The van der Waals surface area contributed by atoms with E-state index in [2.05, 4.69) is 6.07 Å². The number of fused-ring (bicyclic) bond motifs is 1. The standard InChI is InChI=1S/C17H26N2O3/c1-21-13-17-8-4-10-22-14(17)5-9-19(12-17)15(20)16(11-18)6-2-3-7-16/h14H,2-10,12-13H2,1H3. The summed E-state index contributed by atoms with van der Waals surface area (Å²) in [5.41, 5.74) is -0.854. The molecule has 0 radical (unpaired) electrons. The zero-order valence-corrected chi connectivity index (χ0v) is 13.5. The highest BCUT2D eigenvalue weighted by atomic mass is 16.5. The summed E-state index contributed by atoms with van der Waals surface area (Å²) in [6, 6.07) is 2.34. The summed E-state index contributed by atoms with van der Waals surface area (Å²) in [5, 5.41) is 9.57. The largest absolute Gasteiger partial charge is 0.384 e. The van der Waals surface area contributed by atoms with Gasteiger partial charge in [-0.1, -0.05) is 12.8 Å². The Kier molecular flexibility index (Phi) is 4.42. The predicted octanol–water partition coefficient (Wildman–Crippen LogP) is 2.11. The van der Waals surface area contributed by atoms with Crippen LogP contribution in [0.3, 0.4) is 0 Å². The quantitative estimate of drug-likeness (QED) is 0.801. The van der Waals surface area contributed by atoms with E-state index in [1.165, 1.54) is 0 Å². The minimum absolute atomic E-state index is 0.0481. The average Bonchev–Trinajstić information content (AvgIpc) is 3.04. The minimum Gasteiger partial charge on any atom is -0.384 e. The van der Waals surface area contributed by atoms with Gasteiger partial charge in [-0.3, -0.25) is 4.79 Å². The lowest BCUT2D eigenvalue weighted by molar-refractivity contribution is -0.167. The van der Waals surface area contributed by atoms with E-state index in [0.29, 0.717) is 19.7 Å². The lowest BCUT2D eigenvalue weighted by atomic mass is 9.72. The number of rotatable bonds is 3. The van der Waals surface area contributed by atoms with Crippen LogP contribution in [0.5, 0.6) is 0 Å². The smallest absolute Gasteiger partial charge is 0.243 e. The molecular formula is C17H26N2O3. The molecule has 2 unspecified atom stereocenters. The first-order chi connectivity index (χ1) is 10.7. The molecule has 3 rings (SSSR count). The molecule has 1 amide bonds.